The van der Waals surface area contributed by atoms with Crippen LogP contribution in [-0.4, -0.2) is 29.6 Å². The molecule has 2 aromatic carbocycles. The van der Waals surface area contributed by atoms with Gasteiger partial charge in [0.25, 0.3) is 0 Å². The molecule has 0 amide bonds. The van der Waals surface area contributed by atoms with Gasteiger partial charge in [0.2, 0.25) is 0 Å². The van der Waals surface area contributed by atoms with Crippen LogP contribution in [0.25, 0.3) is 0 Å². The van der Waals surface area contributed by atoms with Gasteiger partial charge < -0.3 is 0 Å². The third-order valence-corrected chi connectivity index (χ3v) is 3.18. The molecule has 2 rings (SSSR count). The molecule has 0 aliphatic heterocycles. The van der Waals surface area contributed by atoms with Crippen LogP contribution in [0.15, 0.2) is 42.5 Å². The van der Waals surface area contributed by atoms with Crippen LogP contribution in [0.4, 0.5) is 17.1 Å². The van der Waals surface area contributed by atoms with Crippen molar-refractivity contribution in [3.63, 3.8) is 0 Å². The first kappa shape index (κ1) is 19.5. The van der Waals surface area contributed by atoms with E-state index in [0.717, 1.165) is 0 Å². The molecule has 0 spiro atoms. The van der Waals surface area contributed by atoms with Gasteiger partial charge in [-0.1, -0.05) is 18.2 Å². The second-order valence-electron chi connectivity index (χ2n) is 4.38. The summed E-state index contributed by atoms with van der Waals surface area (Å²) in [7, 11) is 0. The average Bonchev–Trinajstić information content (AvgIpc) is 2.64. The molecule has 0 saturated heterocycles. The van der Waals surface area contributed by atoms with E-state index in [2.05, 4.69) is 0 Å². The fourth-order valence-electron chi connectivity index (χ4n) is 2.14. The zero-order valence-corrected chi connectivity index (χ0v) is 15.2. The average molecular weight is 332 g/mol. The monoisotopic (exact) mass is 332 g/mol. The number of anilines is 3. The van der Waals surface area contributed by atoms with Gasteiger partial charge in [0.15, 0.2) is 18.6 Å². The smallest absolute Gasteiger partial charge is 0.198 e. The van der Waals surface area contributed by atoms with Crippen LogP contribution in [-0.2, 0) is 0 Å². The Hall–Kier alpha value is -3.51. The number of para-hydroxylation sites is 1. The summed E-state index contributed by atoms with van der Waals surface area (Å²) in [5.41, 5.74) is 0.479. The largest absolute Gasteiger partial charge is 0.246 e. The molecule has 0 unspecified atom stereocenters. The summed E-state index contributed by atoms with van der Waals surface area (Å²) in [6.45, 7) is 0. The minimum absolute atomic E-state index is 0. The number of benzene rings is 2. The Morgan fingerprint density at radius 3 is 1.64 bits per heavy atom. The van der Waals surface area contributed by atoms with Crippen LogP contribution >= 0.6 is 0 Å². The first-order valence-electron chi connectivity index (χ1n) is 6.53. The summed E-state index contributed by atoms with van der Waals surface area (Å²) in [4.78, 5) is 1.83. The summed E-state index contributed by atoms with van der Waals surface area (Å²) in [5.74, 6) is 0. The third-order valence-electron chi connectivity index (χ3n) is 3.18. The molecule has 2 aromatic rings. The number of hydrogen-bond donors (Lipinski definition) is 0. The Labute approximate surface area is 166 Å². The van der Waals surface area contributed by atoms with E-state index in [1.165, 1.54) is 17.0 Å². The van der Waals surface area contributed by atoms with E-state index < -0.39 is 0 Å². The number of rotatable bonds is 3. The molecule has 0 saturated carbocycles. The van der Waals surface area contributed by atoms with Crippen molar-refractivity contribution in [1.82, 2.24) is 0 Å². The Bertz CT molecular complexity index is 968. The number of nitrogens with zero attached hydrogens (tertiary/aromatic N) is 7. The van der Waals surface area contributed by atoms with Crippen molar-refractivity contribution in [2.24, 2.45) is 0 Å². The van der Waals surface area contributed by atoms with Crippen LogP contribution in [0.2, 0.25) is 0 Å². The summed E-state index contributed by atoms with van der Waals surface area (Å²) in [6, 6.07) is 15.1. The van der Waals surface area contributed by atoms with Gasteiger partial charge in [-0.2, -0.15) is 31.2 Å². The second-order valence-corrected chi connectivity index (χ2v) is 4.38. The van der Waals surface area contributed by atoms with Crippen molar-refractivity contribution >= 4 is 46.6 Å². The van der Waals surface area contributed by atoms with E-state index in [9.17, 15) is 15.8 Å². The maximum absolute atomic E-state index is 9.46. The number of hydrogen-bond acceptors (Lipinski definition) is 7. The van der Waals surface area contributed by atoms with Gasteiger partial charge in [0, 0.05) is 29.6 Å². The minimum Gasteiger partial charge on any atom is -0.246 e. The molecule has 0 aromatic heterocycles. The van der Waals surface area contributed by atoms with Crippen LogP contribution in [0.3, 0.4) is 0 Å². The molecular weight excluding hydrogens is 325 g/mol. The Kier molecular flexibility index (Phi) is 6.99. The predicted molar refractivity (Wildman–Crippen MR) is 89.5 cm³/mol. The van der Waals surface area contributed by atoms with Crippen molar-refractivity contribution in [1.29, 1.82) is 26.3 Å². The molecule has 0 bridgehead atoms. The van der Waals surface area contributed by atoms with Gasteiger partial charge in [-0.25, -0.2) is 4.90 Å². The Balaban J connectivity index is 0.00000312. The molecule has 8 heteroatoms. The van der Waals surface area contributed by atoms with Crippen molar-refractivity contribution in [3.8, 4) is 30.7 Å². The summed E-state index contributed by atoms with van der Waals surface area (Å²) in [6.07, 6.45) is 5.21. The van der Waals surface area contributed by atoms with Gasteiger partial charge in [-0.3, -0.25) is 0 Å². The molecule has 0 aliphatic carbocycles. The van der Waals surface area contributed by atoms with Gasteiger partial charge in [-0.15, -0.1) is 0 Å². The SMILES string of the molecule is N#Cc1c(N(C#N)C#N)ccc(N(C#N)c2ccccc2)c1C#N.[Na]. The van der Waals surface area contributed by atoms with Crippen molar-refractivity contribution in [2.45, 2.75) is 0 Å². The standard InChI is InChI=1S/C17H7N7.Na/c18-8-14-15(9-19)17(7-6-16(14)23(10-20)11-21)24(12-22)13-4-2-1-3-5-13;/h1-7H;. The fraction of sp³-hybridized carbons (Fsp3) is 0. The Morgan fingerprint density at radius 1 is 0.640 bits per heavy atom. The normalized spacial score (nSPS) is 8.28. The molecule has 111 valence electrons. The van der Waals surface area contributed by atoms with E-state index in [-0.39, 0.29) is 52.1 Å². The quantitative estimate of drug-likeness (QED) is 0.480. The zero-order chi connectivity index (χ0) is 17.5. The van der Waals surface area contributed by atoms with Gasteiger partial charge in [-0.05, 0) is 24.3 Å². The molecule has 0 heterocycles. The van der Waals surface area contributed by atoms with Gasteiger partial charge in [0.1, 0.15) is 12.1 Å². The molecule has 0 aliphatic rings. The molecule has 25 heavy (non-hydrogen) atoms. The third kappa shape index (κ3) is 3.70. The summed E-state index contributed by atoms with van der Waals surface area (Å²) >= 11 is 0. The zero-order valence-electron chi connectivity index (χ0n) is 13.2. The van der Waals surface area contributed by atoms with Crippen molar-refractivity contribution < 1.29 is 0 Å². The van der Waals surface area contributed by atoms with Crippen LogP contribution < -0.4 is 9.80 Å². The second kappa shape index (κ2) is 8.95. The van der Waals surface area contributed by atoms with Crippen molar-refractivity contribution in [3.05, 3.63) is 53.6 Å². The minimum atomic E-state index is -0.144. The van der Waals surface area contributed by atoms with Crippen LogP contribution in [0.1, 0.15) is 11.1 Å². The van der Waals surface area contributed by atoms with Gasteiger partial charge >= 0.3 is 0 Å². The summed E-state index contributed by atoms with van der Waals surface area (Å²) < 4.78 is 0. The van der Waals surface area contributed by atoms with E-state index in [1.54, 1.807) is 42.7 Å². The van der Waals surface area contributed by atoms with Crippen LogP contribution in [0.5, 0.6) is 0 Å². The molecule has 0 atom stereocenters. The maximum Gasteiger partial charge on any atom is 0.198 e. The van der Waals surface area contributed by atoms with Crippen molar-refractivity contribution in [2.75, 3.05) is 9.80 Å². The first-order valence-corrected chi connectivity index (χ1v) is 6.53. The van der Waals surface area contributed by atoms with E-state index >= 15 is 0 Å². The first-order chi connectivity index (χ1) is 11.7. The Morgan fingerprint density at radius 2 is 1.16 bits per heavy atom. The fourth-order valence-corrected chi connectivity index (χ4v) is 2.14. The molecule has 7 nitrogen and oxygen atoms in total. The predicted octanol–water partition coefficient (Wildman–Crippen LogP) is 2.44. The van der Waals surface area contributed by atoms with Gasteiger partial charge in [0.05, 0.1) is 28.2 Å². The summed E-state index contributed by atoms with van der Waals surface area (Å²) in [5, 5.41) is 46.2. The van der Waals surface area contributed by atoms with E-state index in [0.29, 0.717) is 10.6 Å². The molecule has 0 fully saturated rings. The number of nitriles is 5. The van der Waals surface area contributed by atoms with Crippen LogP contribution in [0, 0.1) is 57.0 Å². The molecule has 0 N–H and O–H groups in total. The van der Waals surface area contributed by atoms with E-state index in [4.69, 9.17) is 10.5 Å². The maximum atomic E-state index is 9.46. The molecule has 1 radical (unpaired) electrons. The molecular formula is C17H7N7Na. The van der Waals surface area contributed by atoms with E-state index in [1.807, 2.05) is 18.3 Å². The topological polar surface area (TPSA) is 125 Å².